The lowest BCUT2D eigenvalue weighted by molar-refractivity contribution is -0.384. The van der Waals surface area contributed by atoms with Gasteiger partial charge in [-0.3, -0.25) is 14.9 Å². The number of rotatable bonds is 4. The summed E-state index contributed by atoms with van der Waals surface area (Å²) in [5, 5.41) is 22.9. The predicted molar refractivity (Wildman–Crippen MR) is 73.8 cm³/mol. The van der Waals surface area contributed by atoms with Crippen LogP contribution in [0.3, 0.4) is 0 Å². The second-order valence-corrected chi connectivity index (χ2v) is 5.37. The first-order valence-electron chi connectivity index (χ1n) is 6.37. The quantitative estimate of drug-likeness (QED) is 0.658. The zero-order valence-corrected chi connectivity index (χ0v) is 11.5. The fourth-order valence-corrected chi connectivity index (χ4v) is 2.55. The summed E-state index contributed by atoms with van der Waals surface area (Å²) in [5.41, 5.74) is -0.0738. The van der Waals surface area contributed by atoms with E-state index in [2.05, 4.69) is 5.32 Å². The molecule has 1 aliphatic carbocycles. The summed E-state index contributed by atoms with van der Waals surface area (Å²) in [6.07, 6.45) is 2.03. The standard InChI is InChI=1S/C13H15ClN2O4/c14-11-4-2-9(6-12(11)16(19)20)13(18)15-7-8-1-3-10(17)5-8/h2,4,6,8,10,17H,1,3,5,7H2,(H,15,18). The molecule has 0 bridgehead atoms. The van der Waals surface area contributed by atoms with Gasteiger partial charge in [-0.15, -0.1) is 0 Å². The number of carbonyl (C=O) groups excluding carboxylic acids is 1. The molecule has 0 spiro atoms. The van der Waals surface area contributed by atoms with E-state index in [4.69, 9.17) is 11.6 Å². The first kappa shape index (κ1) is 14.7. The zero-order valence-electron chi connectivity index (χ0n) is 10.7. The van der Waals surface area contributed by atoms with E-state index in [-0.39, 0.29) is 34.2 Å². The topological polar surface area (TPSA) is 92.5 Å². The second kappa shape index (κ2) is 6.19. The van der Waals surface area contributed by atoms with Crippen LogP contribution in [0, 0.1) is 16.0 Å². The van der Waals surface area contributed by atoms with Gasteiger partial charge in [0.25, 0.3) is 11.6 Å². The third-order valence-electron chi connectivity index (χ3n) is 3.47. The minimum atomic E-state index is -0.619. The van der Waals surface area contributed by atoms with Crippen LogP contribution in [0.2, 0.25) is 5.02 Å². The van der Waals surface area contributed by atoms with Gasteiger partial charge in [0.2, 0.25) is 0 Å². The first-order valence-corrected chi connectivity index (χ1v) is 6.75. The van der Waals surface area contributed by atoms with Crippen LogP contribution in [0.1, 0.15) is 29.6 Å². The summed E-state index contributed by atoms with van der Waals surface area (Å²) in [6, 6.07) is 3.96. The first-order chi connectivity index (χ1) is 9.47. The summed E-state index contributed by atoms with van der Waals surface area (Å²) in [6.45, 7) is 0.465. The van der Waals surface area contributed by atoms with Crippen LogP contribution in [-0.4, -0.2) is 28.6 Å². The number of hydrogen-bond acceptors (Lipinski definition) is 4. The lowest BCUT2D eigenvalue weighted by atomic mass is 10.1. The highest BCUT2D eigenvalue weighted by Crippen LogP contribution is 2.26. The molecule has 0 aromatic heterocycles. The van der Waals surface area contributed by atoms with Crippen molar-refractivity contribution in [2.75, 3.05) is 6.54 Å². The average molecular weight is 299 g/mol. The molecule has 6 nitrogen and oxygen atoms in total. The van der Waals surface area contributed by atoms with Crippen molar-refractivity contribution >= 4 is 23.2 Å². The van der Waals surface area contributed by atoms with Crippen molar-refractivity contribution in [3.8, 4) is 0 Å². The van der Waals surface area contributed by atoms with E-state index in [1.165, 1.54) is 18.2 Å². The molecule has 108 valence electrons. The number of halogens is 1. The molecule has 20 heavy (non-hydrogen) atoms. The van der Waals surface area contributed by atoms with Gasteiger partial charge in [0, 0.05) is 18.2 Å². The number of aliphatic hydroxyl groups is 1. The van der Waals surface area contributed by atoms with Gasteiger partial charge in [-0.1, -0.05) is 11.6 Å². The molecular formula is C13H15ClN2O4. The molecular weight excluding hydrogens is 284 g/mol. The zero-order chi connectivity index (χ0) is 14.7. The normalized spacial score (nSPS) is 21.7. The van der Waals surface area contributed by atoms with Gasteiger partial charge in [0.1, 0.15) is 5.02 Å². The summed E-state index contributed by atoms with van der Waals surface area (Å²) in [5.74, 6) is -0.109. The number of hydrogen-bond donors (Lipinski definition) is 2. The fraction of sp³-hybridized carbons (Fsp3) is 0.462. The number of nitrogens with one attached hydrogen (secondary N) is 1. The van der Waals surface area contributed by atoms with E-state index in [1.54, 1.807) is 0 Å². The van der Waals surface area contributed by atoms with E-state index in [0.29, 0.717) is 13.0 Å². The van der Waals surface area contributed by atoms with Gasteiger partial charge in [-0.05, 0) is 37.3 Å². The lowest BCUT2D eigenvalue weighted by Gasteiger charge is -2.11. The van der Waals surface area contributed by atoms with E-state index in [9.17, 15) is 20.0 Å². The molecule has 1 amide bonds. The molecule has 1 fully saturated rings. The largest absolute Gasteiger partial charge is 0.393 e. The van der Waals surface area contributed by atoms with Gasteiger partial charge < -0.3 is 10.4 Å². The molecule has 1 aromatic rings. The Morgan fingerprint density at radius 2 is 2.25 bits per heavy atom. The highest BCUT2D eigenvalue weighted by atomic mass is 35.5. The molecule has 2 unspecified atom stereocenters. The minimum Gasteiger partial charge on any atom is -0.393 e. The SMILES string of the molecule is O=C(NCC1CCC(O)C1)c1ccc(Cl)c([N+](=O)[O-])c1. The van der Waals surface area contributed by atoms with Crippen LogP contribution in [-0.2, 0) is 0 Å². The Kier molecular flexibility index (Phi) is 4.57. The molecule has 0 heterocycles. The molecule has 0 aliphatic heterocycles. The predicted octanol–water partition coefficient (Wildman–Crippen LogP) is 2.14. The van der Waals surface area contributed by atoms with Crippen molar-refractivity contribution < 1.29 is 14.8 Å². The lowest BCUT2D eigenvalue weighted by Crippen LogP contribution is -2.28. The highest BCUT2D eigenvalue weighted by Gasteiger charge is 2.23. The average Bonchev–Trinajstić information content (AvgIpc) is 2.82. The van der Waals surface area contributed by atoms with Crippen molar-refractivity contribution in [1.29, 1.82) is 0 Å². The molecule has 2 N–H and O–H groups in total. The maximum atomic E-state index is 11.9. The maximum Gasteiger partial charge on any atom is 0.288 e. The molecule has 0 radical (unpaired) electrons. The third kappa shape index (κ3) is 3.46. The van der Waals surface area contributed by atoms with Crippen molar-refractivity contribution in [2.24, 2.45) is 5.92 Å². The number of nitro benzene ring substituents is 1. The van der Waals surface area contributed by atoms with Gasteiger partial charge >= 0.3 is 0 Å². The summed E-state index contributed by atoms with van der Waals surface area (Å²) in [4.78, 5) is 22.1. The fourth-order valence-electron chi connectivity index (χ4n) is 2.37. The van der Waals surface area contributed by atoms with Crippen LogP contribution in [0.15, 0.2) is 18.2 Å². The number of nitrogens with zero attached hydrogens (tertiary/aromatic N) is 1. The van der Waals surface area contributed by atoms with E-state index in [1.807, 2.05) is 0 Å². The highest BCUT2D eigenvalue weighted by molar-refractivity contribution is 6.32. The Morgan fingerprint density at radius 3 is 2.85 bits per heavy atom. The molecule has 0 saturated heterocycles. The Hall–Kier alpha value is -1.66. The van der Waals surface area contributed by atoms with Crippen LogP contribution in [0.25, 0.3) is 0 Å². The van der Waals surface area contributed by atoms with Crippen molar-refractivity contribution in [1.82, 2.24) is 5.32 Å². The number of amides is 1. The molecule has 2 rings (SSSR count). The number of carbonyl (C=O) groups is 1. The number of aliphatic hydroxyl groups excluding tert-OH is 1. The van der Waals surface area contributed by atoms with Crippen molar-refractivity contribution in [2.45, 2.75) is 25.4 Å². The second-order valence-electron chi connectivity index (χ2n) is 4.97. The molecule has 2 atom stereocenters. The van der Waals surface area contributed by atoms with Gasteiger partial charge in [-0.2, -0.15) is 0 Å². The molecule has 7 heteroatoms. The van der Waals surface area contributed by atoms with Gasteiger partial charge in [-0.25, -0.2) is 0 Å². The van der Waals surface area contributed by atoms with Crippen LogP contribution in [0.4, 0.5) is 5.69 Å². The van der Waals surface area contributed by atoms with Gasteiger partial charge in [0.05, 0.1) is 11.0 Å². The van der Waals surface area contributed by atoms with E-state index >= 15 is 0 Å². The van der Waals surface area contributed by atoms with Crippen molar-refractivity contribution in [3.05, 3.63) is 38.9 Å². The van der Waals surface area contributed by atoms with Crippen LogP contribution in [0.5, 0.6) is 0 Å². The van der Waals surface area contributed by atoms with E-state index < -0.39 is 4.92 Å². The molecule has 1 saturated carbocycles. The Morgan fingerprint density at radius 1 is 1.50 bits per heavy atom. The summed E-state index contributed by atoms with van der Waals surface area (Å²) < 4.78 is 0. The van der Waals surface area contributed by atoms with Crippen LogP contribution >= 0.6 is 11.6 Å². The Balaban J connectivity index is 1.99. The smallest absolute Gasteiger partial charge is 0.288 e. The third-order valence-corrected chi connectivity index (χ3v) is 3.79. The van der Waals surface area contributed by atoms with Gasteiger partial charge in [0.15, 0.2) is 0 Å². The Bertz CT molecular complexity index is 535. The van der Waals surface area contributed by atoms with Crippen molar-refractivity contribution in [3.63, 3.8) is 0 Å². The number of nitro groups is 1. The van der Waals surface area contributed by atoms with Crippen LogP contribution < -0.4 is 5.32 Å². The minimum absolute atomic E-state index is 0.00506. The summed E-state index contributed by atoms with van der Waals surface area (Å²) >= 11 is 5.69. The number of benzene rings is 1. The van der Waals surface area contributed by atoms with E-state index in [0.717, 1.165) is 12.8 Å². The molecule has 1 aromatic carbocycles. The Labute approximate surface area is 120 Å². The monoisotopic (exact) mass is 298 g/mol. The maximum absolute atomic E-state index is 11.9. The molecule has 1 aliphatic rings. The summed E-state index contributed by atoms with van der Waals surface area (Å²) in [7, 11) is 0.